The molecular weight excluding hydrogens is 416 g/mol. The van der Waals surface area contributed by atoms with Crippen LogP contribution in [0.15, 0.2) is 76.8 Å². The van der Waals surface area contributed by atoms with Crippen molar-refractivity contribution < 1.29 is 9.53 Å². The number of aromatic nitrogens is 3. The van der Waals surface area contributed by atoms with Gasteiger partial charge in [0, 0.05) is 46.5 Å². The van der Waals surface area contributed by atoms with Crippen molar-refractivity contribution in [2.24, 2.45) is 0 Å². The molecule has 0 saturated heterocycles. The van der Waals surface area contributed by atoms with Gasteiger partial charge in [-0.05, 0) is 36.8 Å². The lowest BCUT2D eigenvalue weighted by atomic mass is 10.1. The Bertz CT molecular complexity index is 1130. The largest absolute Gasteiger partial charge is 0.437 e. The lowest BCUT2D eigenvalue weighted by Gasteiger charge is -2.09. The summed E-state index contributed by atoms with van der Waals surface area (Å²) in [7, 11) is 0. The van der Waals surface area contributed by atoms with Crippen molar-refractivity contribution in [1.82, 2.24) is 15.0 Å². The Kier molecular flexibility index (Phi) is 6.36. The maximum Gasteiger partial charge on any atom is 0.255 e. The average Bonchev–Trinajstić information content (AvgIpc) is 3.19. The second-order valence-electron chi connectivity index (χ2n) is 6.37. The van der Waals surface area contributed by atoms with Crippen LogP contribution in [0.25, 0.3) is 0 Å². The number of hydrogen-bond donors (Lipinski definition) is 1. The highest BCUT2D eigenvalue weighted by Crippen LogP contribution is 2.26. The first-order valence-electron chi connectivity index (χ1n) is 9.15. The van der Waals surface area contributed by atoms with Crippen LogP contribution < -0.4 is 10.1 Å². The van der Waals surface area contributed by atoms with Crippen molar-refractivity contribution in [2.75, 3.05) is 5.32 Å². The van der Waals surface area contributed by atoms with Crippen molar-refractivity contribution in [3.05, 3.63) is 89.3 Å². The van der Waals surface area contributed by atoms with Crippen LogP contribution in [0.5, 0.6) is 11.6 Å². The number of nitrogens with zero attached hydrogens (tertiary/aromatic N) is 3. The van der Waals surface area contributed by atoms with Crippen LogP contribution in [0.1, 0.15) is 21.6 Å². The maximum absolute atomic E-state index is 12.6. The van der Waals surface area contributed by atoms with E-state index in [0.29, 0.717) is 22.9 Å². The van der Waals surface area contributed by atoms with E-state index >= 15 is 0 Å². The highest BCUT2D eigenvalue weighted by Gasteiger charge is 2.08. The monoisotopic (exact) mass is 434 g/mol. The van der Waals surface area contributed by atoms with Gasteiger partial charge in [-0.1, -0.05) is 30.0 Å². The van der Waals surface area contributed by atoms with Crippen molar-refractivity contribution in [3.63, 3.8) is 0 Å². The van der Waals surface area contributed by atoms with E-state index in [1.165, 1.54) is 6.20 Å². The van der Waals surface area contributed by atoms with Crippen LogP contribution in [0.4, 0.5) is 5.69 Å². The molecule has 6 nitrogen and oxygen atoms in total. The van der Waals surface area contributed by atoms with Gasteiger partial charge in [0.15, 0.2) is 0 Å². The van der Waals surface area contributed by atoms with Gasteiger partial charge in [0.2, 0.25) is 5.88 Å². The number of thioether (sulfide) groups is 1. The molecule has 0 aliphatic carbocycles. The van der Waals surface area contributed by atoms with Gasteiger partial charge >= 0.3 is 0 Å². The third-order valence-electron chi connectivity index (χ3n) is 4.03. The van der Waals surface area contributed by atoms with E-state index in [1.54, 1.807) is 47.6 Å². The Morgan fingerprint density at radius 3 is 2.77 bits per heavy atom. The molecule has 0 spiro atoms. The molecule has 1 amide bonds. The van der Waals surface area contributed by atoms with Crippen molar-refractivity contribution in [3.8, 4) is 11.6 Å². The smallest absolute Gasteiger partial charge is 0.255 e. The number of rotatable bonds is 7. The lowest BCUT2D eigenvalue weighted by Crippen LogP contribution is -2.11. The first-order valence-corrected chi connectivity index (χ1v) is 11.0. The summed E-state index contributed by atoms with van der Waals surface area (Å²) in [5.41, 5.74) is 3.42. The molecule has 150 valence electrons. The quantitative estimate of drug-likeness (QED) is 0.383. The van der Waals surface area contributed by atoms with Crippen molar-refractivity contribution >= 4 is 34.7 Å². The Labute approximate surface area is 182 Å². The first-order chi connectivity index (χ1) is 14.7. The third-order valence-corrected chi connectivity index (χ3v) is 6.24. The second-order valence-corrected chi connectivity index (χ2v) is 8.45. The molecular formula is C22H18N4O2S2. The van der Waals surface area contributed by atoms with Crippen LogP contribution in [0, 0.1) is 6.92 Å². The molecule has 8 heteroatoms. The zero-order valence-electron chi connectivity index (χ0n) is 16.1. The number of aryl methyl sites for hydroxylation is 1. The molecule has 0 bridgehead atoms. The lowest BCUT2D eigenvalue weighted by molar-refractivity contribution is 0.102. The average molecular weight is 435 g/mol. The Morgan fingerprint density at radius 2 is 2.03 bits per heavy atom. The van der Waals surface area contributed by atoms with E-state index in [-0.39, 0.29) is 5.91 Å². The number of carbonyl (C=O) groups excluding carboxylic acids is 1. The molecule has 0 unspecified atom stereocenters. The van der Waals surface area contributed by atoms with Gasteiger partial charge in [0.25, 0.3) is 5.91 Å². The van der Waals surface area contributed by atoms with E-state index in [9.17, 15) is 4.79 Å². The molecule has 2 aromatic carbocycles. The van der Waals surface area contributed by atoms with Gasteiger partial charge in [-0.2, -0.15) is 0 Å². The molecule has 4 aromatic rings. The highest BCUT2D eigenvalue weighted by molar-refractivity contribution is 8.00. The molecule has 0 fully saturated rings. The van der Waals surface area contributed by atoms with Gasteiger partial charge in [-0.25, -0.2) is 9.97 Å². The van der Waals surface area contributed by atoms with Crippen molar-refractivity contribution in [1.29, 1.82) is 0 Å². The molecule has 2 heterocycles. The molecule has 2 aromatic heterocycles. The molecule has 0 radical (unpaired) electrons. The molecule has 0 saturated carbocycles. The molecule has 0 atom stereocenters. The normalized spacial score (nSPS) is 10.6. The Morgan fingerprint density at radius 1 is 1.17 bits per heavy atom. The number of benzene rings is 2. The molecule has 4 rings (SSSR count). The number of anilines is 1. The number of hydrogen-bond acceptors (Lipinski definition) is 7. The summed E-state index contributed by atoms with van der Waals surface area (Å²) in [6.45, 7) is 1.99. The zero-order valence-corrected chi connectivity index (χ0v) is 17.7. The minimum Gasteiger partial charge on any atom is -0.437 e. The van der Waals surface area contributed by atoms with Crippen molar-refractivity contribution in [2.45, 2.75) is 17.0 Å². The number of ether oxygens (including phenoxy) is 1. The van der Waals surface area contributed by atoms with E-state index in [0.717, 1.165) is 21.3 Å². The molecule has 30 heavy (non-hydrogen) atoms. The van der Waals surface area contributed by atoms with Crippen LogP contribution in [0.2, 0.25) is 0 Å². The van der Waals surface area contributed by atoms with Crippen LogP contribution in [-0.2, 0) is 5.75 Å². The molecule has 1 N–H and O–H groups in total. The predicted molar refractivity (Wildman–Crippen MR) is 119 cm³/mol. The van der Waals surface area contributed by atoms with E-state index < -0.39 is 0 Å². The zero-order chi connectivity index (χ0) is 20.8. The predicted octanol–water partition coefficient (Wildman–Crippen LogP) is 5.58. The summed E-state index contributed by atoms with van der Waals surface area (Å²) in [4.78, 5) is 25.1. The minimum atomic E-state index is -0.179. The number of amides is 1. The van der Waals surface area contributed by atoms with Crippen LogP contribution >= 0.6 is 23.1 Å². The van der Waals surface area contributed by atoms with E-state index in [1.807, 2.05) is 48.7 Å². The SMILES string of the molecule is Cc1csc(SCc2ccc(C(=O)Nc3cccc(Oc4cnccn4)c3)cc2)n1. The summed E-state index contributed by atoms with van der Waals surface area (Å²) in [5, 5.41) is 4.94. The Hall–Kier alpha value is -3.23. The summed E-state index contributed by atoms with van der Waals surface area (Å²) in [6.07, 6.45) is 4.66. The summed E-state index contributed by atoms with van der Waals surface area (Å²) < 4.78 is 6.71. The van der Waals surface area contributed by atoms with Crippen LogP contribution in [0.3, 0.4) is 0 Å². The number of carbonyl (C=O) groups is 1. The molecule has 0 aliphatic heterocycles. The van der Waals surface area contributed by atoms with Gasteiger partial charge in [-0.3, -0.25) is 9.78 Å². The van der Waals surface area contributed by atoms with Gasteiger partial charge < -0.3 is 10.1 Å². The third kappa shape index (κ3) is 5.43. The minimum absolute atomic E-state index is 0.179. The van der Waals surface area contributed by atoms with E-state index in [2.05, 4.69) is 20.3 Å². The summed E-state index contributed by atoms with van der Waals surface area (Å²) >= 11 is 3.35. The Balaban J connectivity index is 1.36. The number of thiazole rings is 1. The fourth-order valence-corrected chi connectivity index (χ4v) is 4.40. The fourth-order valence-electron chi connectivity index (χ4n) is 2.60. The van der Waals surface area contributed by atoms with Gasteiger partial charge in [0.1, 0.15) is 10.1 Å². The molecule has 0 aliphatic rings. The van der Waals surface area contributed by atoms with Crippen LogP contribution in [-0.4, -0.2) is 20.9 Å². The highest BCUT2D eigenvalue weighted by atomic mass is 32.2. The summed E-state index contributed by atoms with van der Waals surface area (Å²) in [6, 6.07) is 14.8. The fraction of sp³-hybridized carbons (Fsp3) is 0.0909. The van der Waals surface area contributed by atoms with Gasteiger partial charge in [-0.15, -0.1) is 11.3 Å². The standard InChI is InChI=1S/C22H18N4O2S2/c1-15-13-29-22(25-15)30-14-16-5-7-17(8-6-16)21(27)26-18-3-2-4-19(11-18)28-20-12-23-9-10-24-20/h2-13H,14H2,1H3,(H,26,27). The second kappa shape index (κ2) is 9.51. The first kappa shape index (κ1) is 20.1. The van der Waals surface area contributed by atoms with Gasteiger partial charge in [0.05, 0.1) is 6.20 Å². The van der Waals surface area contributed by atoms with E-state index in [4.69, 9.17) is 4.74 Å². The topological polar surface area (TPSA) is 77.0 Å². The summed E-state index contributed by atoms with van der Waals surface area (Å²) in [5.74, 6) is 1.60. The number of nitrogens with one attached hydrogen (secondary N) is 1. The maximum atomic E-state index is 12.6.